The van der Waals surface area contributed by atoms with Crippen LogP contribution in [0.5, 0.6) is 11.5 Å². The van der Waals surface area contributed by atoms with Gasteiger partial charge in [-0.2, -0.15) is 13.2 Å². The normalized spacial score (nSPS) is 11.3. The number of aryl methyl sites for hydroxylation is 1. The van der Waals surface area contributed by atoms with Crippen LogP contribution in [-0.4, -0.2) is 5.11 Å². The van der Waals surface area contributed by atoms with Gasteiger partial charge < -0.3 is 15.2 Å². The van der Waals surface area contributed by atoms with Crippen LogP contribution < -0.4 is 10.1 Å². The molecule has 3 aromatic rings. The van der Waals surface area contributed by atoms with Crippen molar-refractivity contribution < 1.29 is 23.0 Å². The number of hydrogen-bond acceptors (Lipinski definition) is 3. The van der Waals surface area contributed by atoms with E-state index >= 15 is 0 Å². The molecule has 3 aromatic carbocycles. The molecular weight excluding hydrogens is 367 g/mol. The number of aliphatic hydroxyl groups excluding tert-OH is 1. The minimum atomic E-state index is -4.63. The van der Waals surface area contributed by atoms with E-state index in [1.54, 1.807) is 30.3 Å². The molecule has 6 heteroatoms. The number of alkyl halides is 3. The van der Waals surface area contributed by atoms with Crippen molar-refractivity contribution in [2.75, 3.05) is 5.32 Å². The highest BCUT2D eigenvalue weighted by Gasteiger charge is 2.36. The van der Waals surface area contributed by atoms with Crippen LogP contribution in [0.1, 0.15) is 22.3 Å². The van der Waals surface area contributed by atoms with Crippen LogP contribution in [0, 0.1) is 6.92 Å². The van der Waals surface area contributed by atoms with Gasteiger partial charge in [0.2, 0.25) is 0 Å². The Kier molecular flexibility index (Phi) is 5.90. The highest BCUT2D eigenvalue weighted by Crippen LogP contribution is 2.43. The zero-order valence-corrected chi connectivity index (χ0v) is 15.3. The first kappa shape index (κ1) is 19.8. The van der Waals surface area contributed by atoms with E-state index in [0.717, 1.165) is 17.2 Å². The number of hydrogen-bond donors (Lipinski definition) is 2. The summed E-state index contributed by atoms with van der Waals surface area (Å²) in [7, 11) is 0. The van der Waals surface area contributed by atoms with Gasteiger partial charge in [0.15, 0.2) is 5.75 Å². The molecule has 0 saturated heterocycles. The molecule has 0 aliphatic rings. The summed E-state index contributed by atoms with van der Waals surface area (Å²) in [6, 6.07) is 18.4. The van der Waals surface area contributed by atoms with E-state index in [1.165, 1.54) is 6.07 Å². The predicted molar refractivity (Wildman–Crippen MR) is 102 cm³/mol. The van der Waals surface area contributed by atoms with Crippen molar-refractivity contribution in [1.82, 2.24) is 0 Å². The molecule has 0 aliphatic heterocycles. The highest BCUT2D eigenvalue weighted by atomic mass is 19.4. The van der Waals surface area contributed by atoms with Gasteiger partial charge in [-0.1, -0.05) is 48.0 Å². The van der Waals surface area contributed by atoms with E-state index < -0.39 is 18.3 Å². The summed E-state index contributed by atoms with van der Waals surface area (Å²) in [6.07, 6.45) is -4.63. The number of para-hydroxylation sites is 1. The Labute approximate surface area is 161 Å². The summed E-state index contributed by atoms with van der Waals surface area (Å²) in [5.74, 6) is -0.0214. The van der Waals surface area contributed by atoms with Gasteiger partial charge in [0.1, 0.15) is 11.3 Å². The summed E-state index contributed by atoms with van der Waals surface area (Å²) >= 11 is 0. The molecule has 0 amide bonds. The molecule has 0 radical (unpaired) electrons. The van der Waals surface area contributed by atoms with Crippen molar-refractivity contribution >= 4 is 5.69 Å². The Morgan fingerprint density at radius 1 is 0.929 bits per heavy atom. The lowest BCUT2D eigenvalue weighted by Gasteiger charge is -2.20. The van der Waals surface area contributed by atoms with Crippen molar-refractivity contribution in [1.29, 1.82) is 0 Å². The molecule has 3 rings (SSSR count). The molecule has 0 spiro atoms. The SMILES string of the molecule is Cc1cccc(CNc2cc(CO)cc(C(F)(F)F)c2Oc2ccccc2)c1. The second-order valence-electron chi connectivity index (χ2n) is 6.43. The molecule has 2 N–H and O–H groups in total. The predicted octanol–water partition coefficient (Wildman–Crippen LogP) is 5.91. The van der Waals surface area contributed by atoms with Gasteiger partial charge >= 0.3 is 6.18 Å². The fraction of sp³-hybridized carbons (Fsp3) is 0.182. The molecule has 0 atom stereocenters. The highest BCUT2D eigenvalue weighted by molar-refractivity contribution is 5.64. The Morgan fingerprint density at radius 3 is 2.32 bits per heavy atom. The number of halogens is 3. The van der Waals surface area contributed by atoms with Crippen LogP contribution in [0.4, 0.5) is 18.9 Å². The lowest BCUT2D eigenvalue weighted by molar-refractivity contribution is -0.138. The summed E-state index contributed by atoms with van der Waals surface area (Å²) < 4.78 is 46.6. The first-order chi connectivity index (χ1) is 13.4. The van der Waals surface area contributed by atoms with Crippen LogP contribution in [0.25, 0.3) is 0 Å². The lowest BCUT2D eigenvalue weighted by atomic mass is 10.1. The van der Waals surface area contributed by atoms with Crippen LogP contribution >= 0.6 is 0 Å². The van der Waals surface area contributed by atoms with E-state index in [4.69, 9.17) is 4.74 Å². The molecule has 0 fully saturated rings. The Bertz CT molecular complexity index is 940. The molecule has 0 aromatic heterocycles. The quantitative estimate of drug-likeness (QED) is 0.552. The van der Waals surface area contributed by atoms with Crippen molar-refractivity contribution in [3.63, 3.8) is 0 Å². The average molecular weight is 387 g/mol. The van der Waals surface area contributed by atoms with E-state index in [9.17, 15) is 18.3 Å². The third kappa shape index (κ3) is 4.84. The number of ether oxygens (including phenoxy) is 1. The zero-order chi connectivity index (χ0) is 20.1. The maximum Gasteiger partial charge on any atom is 0.420 e. The third-order valence-corrected chi connectivity index (χ3v) is 4.17. The average Bonchev–Trinajstić information content (AvgIpc) is 2.67. The largest absolute Gasteiger partial charge is 0.455 e. The molecule has 3 nitrogen and oxygen atoms in total. The standard InChI is InChI=1S/C22H20F3NO2/c1-15-6-5-7-16(10-15)13-26-20-12-17(14-27)11-19(22(23,24)25)21(20)28-18-8-3-2-4-9-18/h2-12,26-27H,13-14H2,1H3. The first-order valence-corrected chi connectivity index (χ1v) is 8.74. The van der Waals surface area contributed by atoms with E-state index in [1.807, 2.05) is 31.2 Å². The second kappa shape index (κ2) is 8.35. The summed E-state index contributed by atoms with van der Waals surface area (Å²) in [6.45, 7) is 1.76. The lowest BCUT2D eigenvalue weighted by Crippen LogP contribution is -2.11. The molecule has 0 unspecified atom stereocenters. The summed E-state index contributed by atoms with van der Waals surface area (Å²) in [4.78, 5) is 0. The number of aliphatic hydroxyl groups is 1. The van der Waals surface area contributed by atoms with Crippen LogP contribution in [-0.2, 0) is 19.3 Å². The van der Waals surface area contributed by atoms with Crippen molar-refractivity contribution in [3.05, 3.63) is 89.0 Å². The van der Waals surface area contributed by atoms with Crippen molar-refractivity contribution in [3.8, 4) is 11.5 Å². The van der Waals surface area contributed by atoms with Crippen LogP contribution in [0.2, 0.25) is 0 Å². The fourth-order valence-corrected chi connectivity index (χ4v) is 2.86. The monoisotopic (exact) mass is 387 g/mol. The fourth-order valence-electron chi connectivity index (χ4n) is 2.86. The van der Waals surface area contributed by atoms with Gasteiger partial charge in [-0.3, -0.25) is 0 Å². The van der Waals surface area contributed by atoms with Gasteiger partial charge in [-0.25, -0.2) is 0 Å². The Balaban J connectivity index is 2.02. The van der Waals surface area contributed by atoms with Gasteiger partial charge in [0.05, 0.1) is 12.3 Å². The Hall–Kier alpha value is -2.99. The van der Waals surface area contributed by atoms with E-state index in [0.29, 0.717) is 12.3 Å². The summed E-state index contributed by atoms with van der Waals surface area (Å²) in [5, 5.41) is 12.4. The minimum absolute atomic E-state index is 0.152. The summed E-state index contributed by atoms with van der Waals surface area (Å²) in [5.41, 5.74) is 1.37. The van der Waals surface area contributed by atoms with Crippen LogP contribution in [0.15, 0.2) is 66.7 Å². The van der Waals surface area contributed by atoms with Crippen LogP contribution in [0.3, 0.4) is 0 Å². The third-order valence-electron chi connectivity index (χ3n) is 4.17. The second-order valence-corrected chi connectivity index (χ2v) is 6.43. The molecular formula is C22H20F3NO2. The molecule has 0 aliphatic carbocycles. The number of nitrogens with one attached hydrogen (secondary N) is 1. The maximum atomic E-state index is 13.7. The Morgan fingerprint density at radius 2 is 1.68 bits per heavy atom. The molecule has 0 heterocycles. The maximum absolute atomic E-state index is 13.7. The van der Waals surface area contributed by atoms with E-state index in [2.05, 4.69) is 5.32 Å². The zero-order valence-electron chi connectivity index (χ0n) is 15.3. The van der Waals surface area contributed by atoms with Gasteiger partial charge in [0.25, 0.3) is 0 Å². The van der Waals surface area contributed by atoms with Gasteiger partial charge in [-0.05, 0) is 42.3 Å². The molecule has 0 bridgehead atoms. The molecule has 0 saturated carbocycles. The van der Waals surface area contributed by atoms with Crippen molar-refractivity contribution in [2.24, 2.45) is 0 Å². The molecule has 28 heavy (non-hydrogen) atoms. The smallest absolute Gasteiger partial charge is 0.420 e. The number of benzene rings is 3. The molecule has 146 valence electrons. The first-order valence-electron chi connectivity index (χ1n) is 8.74. The van der Waals surface area contributed by atoms with Gasteiger partial charge in [-0.15, -0.1) is 0 Å². The minimum Gasteiger partial charge on any atom is -0.455 e. The van der Waals surface area contributed by atoms with Crippen molar-refractivity contribution in [2.45, 2.75) is 26.3 Å². The van der Waals surface area contributed by atoms with E-state index in [-0.39, 0.29) is 17.0 Å². The van der Waals surface area contributed by atoms with Gasteiger partial charge in [0, 0.05) is 6.54 Å². The topological polar surface area (TPSA) is 41.5 Å². The number of anilines is 1. The number of rotatable bonds is 6.